The van der Waals surface area contributed by atoms with E-state index in [-0.39, 0.29) is 28.5 Å². The molecule has 4 rings (SSSR count). The first-order chi connectivity index (χ1) is 14.8. The summed E-state index contributed by atoms with van der Waals surface area (Å²) in [5.41, 5.74) is 0.596. The lowest BCUT2D eigenvalue weighted by atomic mass is 9.81. The van der Waals surface area contributed by atoms with Gasteiger partial charge < -0.3 is 14.5 Å². The summed E-state index contributed by atoms with van der Waals surface area (Å²) >= 11 is 0. The number of carbonyl (C=O) groups is 2. The van der Waals surface area contributed by atoms with Crippen molar-refractivity contribution in [2.24, 2.45) is 11.8 Å². The largest absolute Gasteiger partial charge is 0.489 e. The average molecular weight is 450 g/mol. The molecule has 1 N–H and O–H groups in total. The number of hydrogen-bond donors (Lipinski definition) is 1. The van der Waals surface area contributed by atoms with Crippen LogP contribution >= 0.6 is 0 Å². The van der Waals surface area contributed by atoms with Crippen LogP contribution in [-0.2, 0) is 19.6 Å². The van der Waals surface area contributed by atoms with Crippen LogP contribution in [0, 0.1) is 11.8 Å². The quantitative estimate of drug-likeness (QED) is 0.743. The van der Waals surface area contributed by atoms with Crippen LogP contribution in [0.4, 0.5) is 5.69 Å². The smallest absolute Gasteiger partial charge is 0.240 e. The number of likely N-dealkylation sites (tertiary alicyclic amines) is 1. The Morgan fingerprint density at radius 3 is 2.48 bits per heavy atom. The zero-order valence-corrected chi connectivity index (χ0v) is 18.8. The summed E-state index contributed by atoms with van der Waals surface area (Å²) in [7, 11) is -3.68. The van der Waals surface area contributed by atoms with E-state index in [1.54, 1.807) is 11.0 Å². The molecule has 3 aliphatic rings. The van der Waals surface area contributed by atoms with Gasteiger partial charge in [-0.1, -0.05) is 0 Å². The monoisotopic (exact) mass is 449 g/mol. The molecule has 0 aromatic heterocycles. The molecule has 2 fully saturated rings. The van der Waals surface area contributed by atoms with E-state index < -0.39 is 10.0 Å². The molecular formula is C22H31N3O5S. The first-order valence-electron chi connectivity index (χ1n) is 11.2. The molecule has 0 spiro atoms. The molecule has 1 saturated heterocycles. The van der Waals surface area contributed by atoms with Gasteiger partial charge in [-0.15, -0.1) is 0 Å². The summed E-state index contributed by atoms with van der Waals surface area (Å²) in [6.45, 7) is 4.40. The minimum Gasteiger partial charge on any atom is -0.489 e. The summed E-state index contributed by atoms with van der Waals surface area (Å²) in [6.07, 6.45) is 5.57. The van der Waals surface area contributed by atoms with Gasteiger partial charge in [-0.05, 0) is 56.6 Å². The Labute approximate surface area is 184 Å². The van der Waals surface area contributed by atoms with E-state index in [0.29, 0.717) is 31.1 Å². The molecule has 2 aliphatic heterocycles. The molecule has 1 aromatic rings. The van der Waals surface area contributed by atoms with Crippen LogP contribution in [0.25, 0.3) is 0 Å². The minimum absolute atomic E-state index is 0.0907. The Balaban J connectivity index is 1.33. The number of sulfonamides is 1. The number of nitrogens with zero attached hydrogens (tertiary/aromatic N) is 2. The third kappa shape index (κ3) is 4.87. The normalized spacial score (nSPS) is 23.9. The summed E-state index contributed by atoms with van der Waals surface area (Å²) in [6, 6.07) is 4.62. The number of rotatable bonds is 5. The van der Waals surface area contributed by atoms with Crippen molar-refractivity contribution in [2.45, 2.75) is 50.3 Å². The highest BCUT2D eigenvalue weighted by Crippen LogP contribution is 2.34. The number of hydrogen-bond acceptors (Lipinski definition) is 5. The Hall–Kier alpha value is -2.13. The maximum absolute atomic E-state index is 12.8. The number of fused-ring (bicyclic) bond motifs is 1. The standard InChI is InChI=1S/C22H31N3O5S/c1-16(26)25-12-13-30-21-14-19(8-9-20(21)25)31(28,29)23-15-17-4-6-18(7-5-17)22(27)24-10-2-3-11-24/h8-9,14,17-18,23H,2-7,10-13,15H2,1H3. The number of benzene rings is 1. The van der Waals surface area contributed by atoms with Crippen molar-refractivity contribution in [1.29, 1.82) is 0 Å². The van der Waals surface area contributed by atoms with Gasteiger partial charge in [0, 0.05) is 38.5 Å². The van der Waals surface area contributed by atoms with Crippen LogP contribution in [-0.4, -0.2) is 57.9 Å². The van der Waals surface area contributed by atoms with E-state index in [2.05, 4.69) is 4.72 Å². The van der Waals surface area contributed by atoms with E-state index in [9.17, 15) is 18.0 Å². The Kier molecular flexibility index (Phi) is 6.52. The van der Waals surface area contributed by atoms with Crippen LogP contribution < -0.4 is 14.4 Å². The van der Waals surface area contributed by atoms with E-state index in [1.165, 1.54) is 19.1 Å². The van der Waals surface area contributed by atoms with Crippen LogP contribution in [0.1, 0.15) is 45.4 Å². The molecule has 2 heterocycles. The molecule has 1 aromatic carbocycles. The van der Waals surface area contributed by atoms with Gasteiger partial charge in [0.25, 0.3) is 0 Å². The van der Waals surface area contributed by atoms with Crippen LogP contribution in [0.2, 0.25) is 0 Å². The summed E-state index contributed by atoms with van der Waals surface area (Å²) in [4.78, 5) is 28.1. The third-order valence-corrected chi connectivity index (χ3v) is 8.08. The van der Waals surface area contributed by atoms with E-state index >= 15 is 0 Å². The predicted octanol–water partition coefficient (Wildman–Crippen LogP) is 2.14. The lowest BCUT2D eigenvalue weighted by Crippen LogP contribution is -2.37. The maximum Gasteiger partial charge on any atom is 0.240 e. The highest BCUT2D eigenvalue weighted by Gasteiger charge is 2.31. The second-order valence-corrected chi connectivity index (χ2v) is 10.5. The molecule has 1 saturated carbocycles. The van der Waals surface area contributed by atoms with Crippen molar-refractivity contribution in [1.82, 2.24) is 9.62 Å². The summed E-state index contributed by atoms with van der Waals surface area (Å²) < 4.78 is 33.9. The zero-order valence-electron chi connectivity index (χ0n) is 18.0. The lowest BCUT2D eigenvalue weighted by Gasteiger charge is -2.30. The fourth-order valence-corrected chi connectivity index (χ4v) is 5.95. The fourth-order valence-electron chi connectivity index (χ4n) is 4.81. The topological polar surface area (TPSA) is 96.0 Å². The molecule has 0 bridgehead atoms. The molecule has 170 valence electrons. The minimum atomic E-state index is -3.68. The van der Waals surface area contributed by atoms with Crippen LogP contribution in [0.5, 0.6) is 5.75 Å². The average Bonchev–Trinajstić information content (AvgIpc) is 3.31. The first-order valence-corrected chi connectivity index (χ1v) is 12.7. The SMILES string of the molecule is CC(=O)N1CCOc2cc(S(=O)(=O)NCC3CCC(C(=O)N4CCCC4)CC3)ccc21. The number of amides is 2. The van der Waals surface area contributed by atoms with Gasteiger partial charge in [-0.3, -0.25) is 9.59 Å². The van der Waals surface area contributed by atoms with E-state index in [4.69, 9.17) is 4.74 Å². The number of ether oxygens (including phenoxy) is 1. The zero-order chi connectivity index (χ0) is 22.0. The molecule has 1 aliphatic carbocycles. The summed E-state index contributed by atoms with van der Waals surface area (Å²) in [5, 5.41) is 0. The number of nitrogens with one attached hydrogen (secondary N) is 1. The molecule has 9 heteroatoms. The highest BCUT2D eigenvalue weighted by atomic mass is 32.2. The second-order valence-electron chi connectivity index (χ2n) is 8.75. The number of carbonyl (C=O) groups excluding carboxylic acids is 2. The van der Waals surface area contributed by atoms with Crippen molar-refractivity contribution in [3.63, 3.8) is 0 Å². The van der Waals surface area contributed by atoms with Crippen LogP contribution in [0.3, 0.4) is 0 Å². The summed E-state index contributed by atoms with van der Waals surface area (Å²) in [5.74, 6) is 0.917. The van der Waals surface area contributed by atoms with Crippen molar-refractivity contribution < 1.29 is 22.7 Å². The van der Waals surface area contributed by atoms with Crippen molar-refractivity contribution in [2.75, 3.05) is 37.7 Å². The van der Waals surface area contributed by atoms with Gasteiger partial charge in [-0.25, -0.2) is 13.1 Å². The molecular weight excluding hydrogens is 418 g/mol. The highest BCUT2D eigenvalue weighted by molar-refractivity contribution is 7.89. The van der Waals surface area contributed by atoms with Gasteiger partial charge in [-0.2, -0.15) is 0 Å². The van der Waals surface area contributed by atoms with Crippen LogP contribution in [0.15, 0.2) is 23.1 Å². The first kappa shape index (κ1) is 22.1. The fraction of sp³-hybridized carbons (Fsp3) is 0.636. The van der Waals surface area contributed by atoms with Crippen molar-refractivity contribution in [3.05, 3.63) is 18.2 Å². The molecule has 31 heavy (non-hydrogen) atoms. The second kappa shape index (κ2) is 9.16. The van der Waals surface area contributed by atoms with Crippen molar-refractivity contribution >= 4 is 27.5 Å². The van der Waals surface area contributed by atoms with Gasteiger partial charge in [0.2, 0.25) is 21.8 Å². The molecule has 8 nitrogen and oxygen atoms in total. The number of anilines is 1. The Morgan fingerprint density at radius 1 is 1.10 bits per heavy atom. The molecule has 0 unspecified atom stereocenters. The molecule has 2 amide bonds. The van der Waals surface area contributed by atoms with E-state index in [1.807, 2.05) is 4.90 Å². The third-order valence-electron chi connectivity index (χ3n) is 6.66. The predicted molar refractivity (Wildman–Crippen MR) is 116 cm³/mol. The lowest BCUT2D eigenvalue weighted by molar-refractivity contribution is -0.135. The maximum atomic E-state index is 12.8. The van der Waals surface area contributed by atoms with E-state index in [0.717, 1.165) is 51.6 Å². The Morgan fingerprint density at radius 2 is 1.81 bits per heavy atom. The van der Waals surface area contributed by atoms with Crippen molar-refractivity contribution in [3.8, 4) is 5.75 Å². The van der Waals surface area contributed by atoms with Gasteiger partial charge in [0.15, 0.2) is 0 Å². The molecule has 0 radical (unpaired) electrons. The Bertz CT molecular complexity index is 934. The van der Waals surface area contributed by atoms with Gasteiger partial charge >= 0.3 is 0 Å². The molecule has 0 atom stereocenters. The van der Waals surface area contributed by atoms with Gasteiger partial charge in [0.1, 0.15) is 12.4 Å². The van der Waals surface area contributed by atoms with Gasteiger partial charge in [0.05, 0.1) is 17.1 Å².